The standard InChI is InChI=1S/C25H23F3N2O4S/c1-34-24-22(27)13-18(14-23(24)28)29-9-11-30(12-10-29)25(31)21-15-19(35(2,32)33)7-8-20(21)16-3-5-17(26)6-4-16/h3-8,13-15H,9-12H2,1-2H3. The molecule has 1 aliphatic heterocycles. The maximum Gasteiger partial charge on any atom is 0.254 e. The van der Waals surface area contributed by atoms with Crippen molar-refractivity contribution in [2.45, 2.75) is 4.90 Å². The molecule has 0 unspecified atom stereocenters. The molecule has 3 aromatic carbocycles. The molecule has 184 valence electrons. The van der Waals surface area contributed by atoms with Crippen molar-refractivity contribution in [1.82, 2.24) is 4.90 Å². The quantitative estimate of drug-likeness (QED) is 0.523. The Balaban J connectivity index is 1.60. The fourth-order valence-electron chi connectivity index (χ4n) is 4.07. The number of amides is 1. The van der Waals surface area contributed by atoms with Gasteiger partial charge in [-0.15, -0.1) is 0 Å². The van der Waals surface area contributed by atoms with Crippen molar-refractivity contribution in [1.29, 1.82) is 0 Å². The first-order chi connectivity index (χ1) is 16.6. The number of benzene rings is 3. The zero-order valence-electron chi connectivity index (χ0n) is 19.1. The molecule has 1 aliphatic rings. The topological polar surface area (TPSA) is 66.9 Å². The van der Waals surface area contributed by atoms with E-state index in [1.807, 2.05) is 0 Å². The molecule has 0 aliphatic carbocycles. The molecule has 10 heteroatoms. The van der Waals surface area contributed by atoms with Gasteiger partial charge in [0.1, 0.15) is 5.82 Å². The molecule has 0 aromatic heterocycles. The Labute approximate surface area is 201 Å². The molecule has 0 atom stereocenters. The average Bonchev–Trinajstić information content (AvgIpc) is 2.83. The van der Waals surface area contributed by atoms with Gasteiger partial charge in [0.15, 0.2) is 27.2 Å². The molecule has 0 bridgehead atoms. The molecule has 4 rings (SSSR count). The number of carbonyl (C=O) groups excluding carboxylic acids is 1. The third-order valence-corrected chi connectivity index (χ3v) is 7.03. The van der Waals surface area contributed by atoms with E-state index in [4.69, 9.17) is 4.74 Å². The van der Waals surface area contributed by atoms with E-state index in [1.54, 1.807) is 9.80 Å². The maximum atomic E-state index is 14.1. The fourth-order valence-corrected chi connectivity index (χ4v) is 4.72. The van der Waals surface area contributed by atoms with Crippen LogP contribution in [-0.4, -0.2) is 58.8 Å². The molecule has 1 fully saturated rings. The van der Waals surface area contributed by atoms with Gasteiger partial charge in [0.25, 0.3) is 5.91 Å². The summed E-state index contributed by atoms with van der Waals surface area (Å²) in [5.41, 5.74) is 1.55. The van der Waals surface area contributed by atoms with E-state index in [2.05, 4.69) is 0 Å². The van der Waals surface area contributed by atoms with Crippen LogP contribution in [0.3, 0.4) is 0 Å². The predicted octanol–water partition coefficient (Wildman–Crippen LogP) is 4.15. The van der Waals surface area contributed by atoms with Gasteiger partial charge in [-0.25, -0.2) is 21.6 Å². The Hall–Kier alpha value is -3.53. The second kappa shape index (κ2) is 9.61. The van der Waals surface area contributed by atoms with E-state index < -0.39 is 33.0 Å². The Morgan fingerprint density at radius 2 is 1.49 bits per heavy atom. The molecule has 3 aromatic rings. The van der Waals surface area contributed by atoms with Gasteiger partial charge in [-0.3, -0.25) is 4.79 Å². The summed E-state index contributed by atoms with van der Waals surface area (Å²) < 4.78 is 70.7. The number of carbonyl (C=O) groups is 1. The summed E-state index contributed by atoms with van der Waals surface area (Å²) in [7, 11) is -2.39. The van der Waals surface area contributed by atoms with E-state index in [1.165, 1.54) is 61.7 Å². The minimum absolute atomic E-state index is 0.00506. The molecule has 1 saturated heterocycles. The lowest BCUT2D eigenvalue weighted by atomic mass is 9.98. The number of nitrogens with zero attached hydrogens (tertiary/aromatic N) is 2. The van der Waals surface area contributed by atoms with Gasteiger partial charge in [-0.1, -0.05) is 18.2 Å². The van der Waals surface area contributed by atoms with Crippen LogP contribution in [0.2, 0.25) is 0 Å². The SMILES string of the molecule is COc1c(F)cc(N2CCN(C(=O)c3cc(S(C)(=O)=O)ccc3-c3ccc(F)cc3)CC2)cc1F. The van der Waals surface area contributed by atoms with Crippen LogP contribution in [0.1, 0.15) is 10.4 Å². The Morgan fingerprint density at radius 1 is 0.886 bits per heavy atom. The largest absolute Gasteiger partial charge is 0.491 e. The number of methoxy groups -OCH3 is 1. The molecule has 35 heavy (non-hydrogen) atoms. The molecular weight excluding hydrogens is 481 g/mol. The first-order valence-corrected chi connectivity index (χ1v) is 12.6. The van der Waals surface area contributed by atoms with Crippen LogP contribution in [-0.2, 0) is 9.84 Å². The average molecular weight is 505 g/mol. The van der Waals surface area contributed by atoms with Gasteiger partial charge in [0.05, 0.1) is 12.0 Å². The molecule has 1 heterocycles. The first-order valence-electron chi connectivity index (χ1n) is 10.8. The number of anilines is 1. The van der Waals surface area contributed by atoms with Crippen LogP contribution in [0.15, 0.2) is 59.5 Å². The second-order valence-corrected chi connectivity index (χ2v) is 10.2. The van der Waals surface area contributed by atoms with Crippen LogP contribution >= 0.6 is 0 Å². The number of halogens is 3. The molecule has 6 nitrogen and oxygen atoms in total. The lowest BCUT2D eigenvalue weighted by Crippen LogP contribution is -2.49. The van der Waals surface area contributed by atoms with Gasteiger partial charge >= 0.3 is 0 Å². The minimum Gasteiger partial charge on any atom is -0.491 e. The summed E-state index contributed by atoms with van der Waals surface area (Å²) in [5, 5.41) is 0. The van der Waals surface area contributed by atoms with Crippen molar-refractivity contribution in [2.24, 2.45) is 0 Å². The third-order valence-electron chi connectivity index (χ3n) is 5.92. The second-order valence-electron chi connectivity index (χ2n) is 8.21. The van der Waals surface area contributed by atoms with Crippen molar-refractivity contribution in [3.05, 3.63) is 77.6 Å². The van der Waals surface area contributed by atoms with Crippen molar-refractivity contribution in [3.63, 3.8) is 0 Å². The highest BCUT2D eigenvalue weighted by atomic mass is 32.2. The molecule has 0 N–H and O–H groups in total. The molecule has 0 spiro atoms. The molecule has 1 amide bonds. The summed E-state index contributed by atoms with van der Waals surface area (Å²) >= 11 is 0. The van der Waals surface area contributed by atoms with Gasteiger partial charge in [-0.2, -0.15) is 0 Å². The highest BCUT2D eigenvalue weighted by Crippen LogP contribution is 2.30. The van der Waals surface area contributed by atoms with Crippen molar-refractivity contribution in [3.8, 4) is 16.9 Å². The minimum atomic E-state index is -3.57. The van der Waals surface area contributed by atoms with Crippen LogP contribution in [0, 0.1) is 17.5 Å². The fraction of sp³-hybridized carbons (Fsp3) is 0.240. The number of rotatable bonds is 5. The number of ether oxygens (including phenoxy) is 1. The molecule has 0 saturated carbocycles. The highest BCUT2D eigenvalue weighted by Gasteiger charge is 2.26. The predicted molar refractivity (Wildman–Crippen MR) is 126 cm³/mol. The van der Waals surface area contributed by atoms with Crippen LogP contribution in [0.4, 0.5) is 18.9 Å². The third kappa shape index (κ3) is 5.12. The lowest BCUT2D eigenvalue weighted by molar-refractivity contribution is 0.0747. The van der Waals surface area contributed by atoms with E-state index in [-0.39, 0.29) is 29.5 Å². The summed E-state index contributed by atoms with van der Waals surface area (Å²) in [5.74, 6) is -2.91. The summed E-state index contributed by atoms with van der Waals surface area (Å²) in [6, 6.07) is 12.2. The van der Waals surface area contributed by atoms with Crippen LogP contribution < -0.4 is 9.64 Å². The monoisotopic (exact) mass is 504 g/mol. The van der Waals surface area contributed by atoms with Gasteiger partial charge in [0.2, 0.25) is 0 Å². The smallest absolute Gasteiger partial charge is 0.254 e. The zero-order chi connectivity index (χ0) is 25.3. The summed E-state index contributed by atoms with van der Waals surface area (Å²) in [4.78, 5) is 16.8. The van der Waals surface area contributed by atoms with Crippen LogP contribution in [0.5, 0.6) is 5.75 Å². The van der Waals surface area contributed by atoms with Crippen LogP contribution in [0.25, 0.3) is 11.1 Å². The summed E-state index contributed by atoms with van der Waals surface area (Å²) in [6.07, 6.45) is 1.06. The zero-order valence-corrected chi connectivity index (χ0v) is 19.9. The van der Waals surface area contributed by atoms with Crippen molar-refractivity contribution >= 4 is 21.4 Å². The van der Waals surface area contributed by atoms with E-state index in [0.717, 1.165) is 6.26 Å². The first kappa shape index (κ1) is 24.6. The highest BCUT2D eigenvalue weighted by molar-refractivity contribution is 7.90. The number of hydrogen-bond acceptors (Lipinski definition) is 5. The van der Waals surface area contributed by atoms with Gasteiger partial charge in [-0.05, 0) is 35.4 Å². The Bertz CT molecular complexity index is 1350. The van der Waals surface area contributed by atoms with Gasteiger partial charge < -0.3 is 14.5 Å². The number of piperazine rings is 1. The normalized spacial score (nSPS) is 14.2. The number of hydrogen-bond donors (Lipinski definition) is 0. The van der Waals surface area contributed by atoms with E-state index in [9.17, 15) is 26.4 Å². The summed E-state index contributed by atoms with van der Waals surface area (Å²) in [6.45, 7) is 1.13. The van der Waals surface area contributed by atoms with Crippen molar-refractivity contribution < 1.29 is 31.1 Å². The molecule has 0 radical (unpaired) electrons. The van der Waals surface area contributed by atoms with Gasteiger partial charge in [0, 0.05) is 55.8 Å². The van der Waals surface area contributed by atoms with E-state index >= 15 is 0 Å². The Morgan fingerprint density at radius 3 is 2.03 bits per heavy atom. The number of sulfone groups is 1. The van der Waals surface area contributed by atoms with Crippen molar-refractivity contribution in [2.75, 3.05) is 44.4 Å². The van der Waals surface area contributed by atoms with E-state index in [0.29, 0.717) is 29.9 Å². The molecular formula is C25H23F3N2O4S. The lowest BCUT2D eigenvalue weighted by Gasteiger charge is -2.36. The Kier molecular flexibility index (Phi) is 6.75. The maximum absolute atomic E-state index is 14.1.